The first kappa shape index (κ1) is 12.5. The highest BCUT2D eigenvalue weighted by atomic mass is 16.3. The van der Waals surface area contributed by atoms with Crippen molar-refractivity contribution in [3.05, 3.63) is 0 Å². The van der Waals surface area contributed by atoms with Gasteiger partial charge in [-0.25, -0.2) is 0 Å². The minimum absolute atomic E-state index is 0.143. The Kier molecular flexibility index (Phi) is 5.05. The molecule has 4 heteroatoms. The zero-order chi connectivity index (χ0) is 11.3. The fraction of sp³-hybridized carbons (Fsp3) is 0.909. The van der Waals surface area contributed by atoms with Crippen LogP contribution in [-0.2, 0) is 4.79 Å². The molecule has 88 valence electrons. The molecule has 0 aromatic rings. The van der Waals surface area contributed by atoms with Crippen molar-refractivity contribution in [3.63, 3.8) is 0 Å². The van der Waals surface area contributed by atoms with Crippen LogP contribution >= 0.6 is 0 Å². The molecule has 4 nitrogen and oxygen atoms in total. The summed E-state index contributed by atoms with van der Waals surface area (Å²) in [6, 6.07) is 0. The van der Waals surface area contributed by atoms with Crippen LogP contribution in [0.3, 0.4) is 0 Å². The quantitative estimate of drug-likeness (QED) is 0.703. The number of aliphatic hydroxyl groups is 1. The Labute approximate surface area is 91.6 Å². The van der Waals surface area contributed by atoms with Crippen LogP contribution < -0.4 is 5.32 Å². The molecule has 2 N–H and O–H groups in total. The van der Waals surface area contributed by atoms with Crippen molar-refractivity contribution < 1.29 is 9.90 Å². The van der Waals surface area contributed by atoms with Crippen molar-refractivity contribution in [2.45, 2.75) is 32.3 Å². The lowest BCUT2D eigenvalue weighted by Gasteiger charge is -2.25. The number of piperidine rings is 1. The third kappa shape index (κ3) is 4.62. The number of nitrogens with one attached hydrogen (secondary N) is 1. The van der Waals surface area contributed by atoms with Crippen LogP contribution in [0.5, 0.6) is 0 Å². The van der Waals surface area contributed by atoms with E-state index in [0.29, 0.717) is 18.9 Å². The van der Waals surface area contributed by atoms with E-state index in [0.717, 1.165) is 25.9 Å². The van der Waals surface area contributed by atoms with E-state index < -0.39 is 6.10 Å². The highest BCUT2D eigenvalue weighted by Crippen LogP contribution is 2.14. The number of rotatable bonds is 4. The van der Waals surface area contributed by atoms with E-state index in [1.54, 1.807) is 18.9 Å². The highest BCUT2D eigenvalue weighted by molar-refractivity contribution is 5.76. The second-order valence-corrected chi connectivity index (χ2v) is 4.54. The lowest BCUT2D eigenvalue weighted by molar-refractivity contribution is -0.132. The first-order valence-corrected chi connectivity index (χ1v) is 5.72. The average Bonchev–Trinajstić information content (AvgIpc) is 2.18. The van der Waals surface area contributed by atoms with Crippen molar-refractivity contribution in [1.82, 2.24) is 10.2 Å². The van der Waals surface area contributed by atoms with E-state index in [1.165, 1.54) is 0 Å². The van der Waals surface area contributed by atoms with Gasteiger partial charge in [0.25, 0.3) is 0 Å². The van der Waals surface area contributed by atoms with Crippen molar-refractivity contribution in [1.29, 1.82) is 0 Å². The number of likely N-dealkylation sites (N-methyl/N-ethyl adjacent to an activating group) is 1. The minimum atomic E-state index is -0.441. The van der Waals surface area contributed by atoms with Gasteiger partial charge in [0.15, 0.2) is 0 Å². The summed E-state index contributed by atoms with van der Waals surface area (Å²) in [5.41, 5.74) is 0. The lowest BCUT2D eigenvalue weighted by Crippen LogP contribution is -2.37. The predicted molar refractivity (Wildman–Crippen MR) is 59.5 cm³/mol. The van der Waals surface area contributed by atoms with Crippen molar-refractivity contribution >= 4 is 5.91 Å². The molecular weight excluding hydrogens is 192 g/mol. The third-order valence-electron chi connectivity index (χ3n) is 2.83. The first-order valence-electron chi connectivity index (χ1n) is 5.72. The second-order valence-electron chi connectivity index (χ2n) is 4.54. The molecule has 1 saturated heterocycles. The third-order valence-corrected chi connectivity index (χ3v) is 2.83. The molecule has 2 atom stereocenters. The van der Waals surface area contributed by atoms with Gasteiger partial charge in [0, 0.05) is 20.0 Å². The average molecular weight is 214 g/mol. The molecule has 0 aliphatic carbocycles. The fourth-order valence-electron chi connectivity index (χ4n) is 2.00. The molecular formula is C11H22N2O2. The number of carbonyl (C=O) groups excluding carboxylic acids is 1. The molecule has 2 unspecified atom stereocenters. The van der Waals surface area contributed by atoms with Gasteiger partial charge in [-0.1, -0.05) is 0 Å². The summed E-state index contributed by atoms with van der Waals surface area (Å²) in [5.74, 6) is 0.618. The van der Waals surface area contributed by atoms with Crippen LogP contribution in [0.15, 0.2) is 0 Å². The van der Waals surface area contributed by atoms with E-state index in [-0.39, 0.29) is 5.91 Å². The number of amides is 1. The van der Waals surface area contributed by atoms with Crippen LogP contribution in [-0.4, -0.2) is 48.7 Å². The molecule has 1 amide bonds. The molecule has 1 aliphatic heterocycles. The molecule has 0 radical (unpaired) electrons. The Bertz CT molecular complexity index is 201. The van der Waals surface area contributed by atoms with E-state index in [9.17, 15) is 9.90 Å². The molecule has 1 heterocycles. The van der Waals surface area contributed by atoms with Gasteiger partial charge in [-0.05, 0) is 38.8 Å². The number of hydrogen-bond donors (Lipinski definition) is 2. The Hall–Kier alpha value is -0.610. The fourth-order valence-corrected chi connectivity index (χ4v) is 2.00. The van der Waals surface area contributed by atoms with Gasteiger partial charge >= 0.3 is 0 Å². The smallest absolute Gasteiger partial charge is 0.222 e. The number of aliphatic hydroxyl groups excluding tert-OH is 1. The molecule has 0 saturated carbocycles. The molecule has 1 fully saturated rings. The van der Waals surface area contributed by atoms with Gasteiger partial charge in [-0.2, -0.15) is 0 Å². The monoisotopic (exact) mass is 214 g/mol. The van der Waals surface area contributed by atoms with E-state index in [2.05, 4.69) is 5.32 Å². The van der Waals surface area contributed by atoms with Gasteiger partial charge in [-0.15, -0.1) is 0 Å². The molecule has 0 aromatic carbocycles. The molecule has 1 rings (SSSR count). The first-order chi connectivity index (χ1) is 7.09. The van der Waals surface area contributed by atoms with Crippen LogP contribution in [0.25, 0.3) is 0 Å². The van der Waals surface area contributed by atoms with Gasteiger partial charge in [0.05, 0.1) is 6.10 Å². The van der Waals surface area contributed by atoms with E-state index in [1.807, 2.05) is 0 Å². The van der Waals surface area contributed by atoms with Crippen LogP contribution in [0, 0.1) is 5.92 Å². The van der Waals surface area contributed by atoms with Crippen LogP contribution in [0.2, 0.25) is 0 Å². The Morgan fingerprint density at radius 2 is 2.40 bits per heavy atom. The molecule has 0 aromatic heterocycles. The molecule has 0 bridgehead atoms. The minimum Gasteiger partial charge on any atom is -0.392 e. The maximum Gasteiger partial charge on any atom is 0.222 e. The zero-order valence-electron chi connectivity index (χ0n) is 9.70. The Balaban J connectivity index is 2.27. The summed E-state index contributed by atoms with van der Waals surface area (Å²) in [6.45, 7) is 4.16. The number of nitrogens with zero attached hydrogens (tertiary/aromatic N) is 1. The van der Waals surface area contributed by atoms with Crippen molar-refractivity contribution in [3.8, 4) is 0 Å². The molecule has 0 spiro atoms. The maximum atomic E-state index is 11.7. The highest BCUT2D eigenvalue weighted by Gasteiger charge is 2.19. The van der Waals surface area contributed by atoms with E-state index in [4.69, 9.17) is 0 Å². The summed E-state index contributed by atoms with van der Waals surface area (Å²) in [5, 5.41) is 12.5. The maximum absolute atomic E-state index is 11.7. The van der Waals surface area contributed by atoms with Crippen LogP contribution in [0.4, 0.5) is 0 Å². The molecule has 1 aliphatic rings. The molecule has 15 heavy (non-hydrogen) atoms. The number of hydrogen-bond acceptors (Lipinski definition) is 3. The van der Waals surface area contributed by atoms with Gasteiger partial charge in [-0.3, -0.25) is 4.79 Å². The summed E-state index contributed by atoms with van der Waals surface area (Å²) in [4.78, 5) is 13.4. The standard InChI is InChI=1S/C11H22N2O2/c1-9(14)8-13(2)11(15)6-10-4-3-5-12-7-10/h9-10,12,14H,3-8H2,1-2H3. The van der Waals surface area contributed by atoms with Gasteiger partial charge < -0.3 is 15.3 Å². The normalized spacial score (nSPS) is 23.5. The topological polar surface area (TPSA) is 52.6 Å². The van der Waals surface area contributed by atoms with Gasteiger partial charge in [0.1, 0.15) is 0 Å². The van der Waals surface area contributed by atoms with Crippen molar-refractivity contribution in [2.75, 3.05) is 26.7 Å². The van der Waals surface area contributed by atoms with Crippen molar-refractivity contribution in [2.24, 2.45) is 5.92 Å². The predicted octanol–water partition coefficient (Wildman–Crippen LogP) is 0.215. The number of carbonyl (C=O) groups is 1. The lowest BCUT2D eigenvalue weighted by atomic mass is 9.95. The SMILES string of the molecule is CC(O)CN(C)C(=O)CC1CCCNC1. The zero-order valence-corrected chi connectivity index (χ0v) is 9.70. The summed E-state index contributed by atoms with van der Waals surface area (Å²) in [6.07, 6.45) is 2.47. The Morgan fingerprint density at radius 1 is 1.67 bits per heavy atom. The van der Waals surface area contributed by atoms with Gasteiger partial charge in [0.2, 0.25) is 5.91 Å². The summed E-state index contributed by atoms with van der Waals surface area (Å²) >= 11 is 0. The van der Waals surface area contributed by atoms with E-state index >= 15 is 0 Å². The Morgan fingerprint density at radius 3 is 2.93 bits per heavy atom. The van der Waals surface area contributed by atoms with Crippen LogP contribution in [0.1, 0.15) is 26.2 Å². The summed E-state index contributed by atoms with van der Waals surface area (Å²) < 4.78 is 0. The summed E-state index contributed by atoms with van der Waals surface area (Å²) in [7, 11) is 1.76. The second kappa shape index (κ2) is 6.08. The largest absolute Gasteiger partial charge is 0.392 e.